The molecule has 0 saturated carbocycles. The number of hydrogen-bond donors (Lipinski definition) is 1. The number of nitrogens with zero attached hydrogens (tertiary/aromatic N) is 1. The average Bonchev–Trinajstić information content (AvgIpc) is 2.67. The van der Waals surface area contributed by atoms with E-state index in [-0.39, 0.29) is 6.79 Å². The lowest BCUT2D eigenvalue weighted by atomic mass is 10.2. The Hall–Kier alpha value is -3.19. The Kier molecular flexibility index (Phi) is 5.28. The van der Waals surface area contributed by atoms with Crippen LogP contribution in [-0.2, 0) is 4.74 Å². The van der Waals surface area contributed by atoms with Crippen LogP contribution in [0.4, 0.5) is 5.69 Å². The van der Waals surface area contributed by atoms with Crippen molar-refractivity contribution in [3.63, 3.8) is 0 Å². The Morgan fingerprint density at radius 2 is 1.69 bits per heavy atom. The van der Waals surface area contributed by atoms with Crippen LogP contribution in [0, 0.1) is 0 Å². The van der Waals surface area contributed by atoms with Gasteiger partial charge in [0.15, 0.2) is 18.3 Å². The summed E-state index contributed by atoms with van der Waals surface area (Å²) in [5, 5.41) is 0.773. The molecule has 0 aliphatic carbocycles. The predicted octanol–water partition coefficient (Wildman–Crippen LogP) is 3.61. The number of pyridine rings is 1. The number of fused-ring (bicyclic) bond motifs is 1. The Bertz CT molecular complexity index is 914. The molecule has 0 unspecified atom stereocenters. The van der Waals surface area contributed by atoms with E-state index in [0.29, 0.717) is 40.0 Å². The summed E-state index contributed by atoms with van der Waals surface area (Å²) in [6, 6.07) is 10.6. The third-order valence-electron chi connectivity index (χ3n) is 3.75. The number of nitrogens with two attached hydrogens (primary N) is 1. The largest absolute Gasteiger partial charge is 0.494 e. The number of ether oxygens (including phenoxy) is 5. The quantitative estimate of drug-likeness (QED) is 0.511. The molecule has 0 saturated heterocycles. The highest BCUT2D eigenvalue weighted by Gasteiger charge is 2.12. The van der Waals surface area contributed by atoms with Crippen LogP contribution in [0.2, 0.25) is 0 Å². The normalized spacial score (nSPS) is 10.6. The van der Waals surface area contributed by atoms with Gasteiger partial charge in [0.05, 0.1) is 25.4 Å². The van der Waals surface area contributed by atoms with E-state index in [2.05, 4.69) is 4.98 Å². The molecule has 136 valence electrons. The molecule has 0 bridgehead atoms. The van der Waals surface area contributed by atoms with Gasteiger partial charge in [-0.2, -0.15) is 0 Å². The second kappa shape index (κ2) is 7.79. The van der Waals surface area contributed by atoms with Gasteiger partial charge in [0, 0.05) is 30.8 Å². The van der Waals surface area contributed by atoms with Gasteiger partial charge in [-0.25, -0.2) is 0 Å². The van der Waals surface area contributed by atoms with Crippen LogP contribution in [0.3, 0.4) is 0 Å². The minimum Gasteiger partial charge on any atom is -0.494 e. The highest BCUT2D eigenvalue weighted by molar-refractivity contribution is 5.88. The number of anilines is 1. The van der Waals surface area contributed by atoms with Crippen LogP contribution < -0.4 is 24.7 Å². The van der Waals surface area contributed by atoms with Gasteiger partial charge >= 0.3 is 0 Å². The Balaban J connectivity index is 2.02. The third-order valence-corrected chi connectivity index (χ3v) is 3.75. The van der Waals surface area contributed by atoms with Gasteiger partial charge in [0.1, 0.15) is 17.2 Å². The zero-order chi connectivity index (χ0) is 18.5. The second-order valence-electron chi connectivity index (χ2n) is 5.39. The van der Waals surface area contributed by atoms with Crippen molar-refractivity contribution in [1.82, 2.24) is 4.98 Å². The lowest BCUT2D eigenvalue weighted by molar-refractivity contribution is 0.0493. The van der Waals surface area contributed by atoms with Crippen molar-refractivity contribution in [2.24, 2.45) is 0 Å². The van der Waals surface area contributed by atoms with Gasteiger partial charge in [-0.05, 0) is 24.3 Å². The summed E-state index contributed by atoms with van der Waals surface area (Å²) in [5.74, 6) is 2.86. The summed E-state index contributed by atoms with van der Waals surface area (Å²) in [4.78, 5) is 4.37. The highest BCUT2D eigenvalue weighted by atomic mass is 16.7. The predicted molar refractivity (Wildman–Crippen MR) is 98.3 cm³/mol. The molecule has 1 heterocycles. The van der Waals surface area contributed by atoms with Crippen molar-refractivity contribution >= 4 is 16.6 Å². The molecule has 26 heavy (non-hydrogen) atoms. The third kappa shape index (κ3) is 3.57. The first kappa shape index (κ1) is 17.6. The molecule has 0 amide bonds. The van der Waals surface area contributed by atoms with Crippen LogP contribution in [0.15, 0.2) is 42.6 Å². The minimum atomic E-state index is 0.105. The van der Waals surface area contributed by atoms with Crippen LogP contribution >= 0.6 is 0 Å². The molecule has 0 radical (unpaired) electrons. The van der Waals surface area contributed by atoms with Gasteiger partial charge in [-0.3, -0.25) is 4.98 Å². The van der Waals surface area contributed by atoms with E-state index in [9.17, 15) is 0 Å². The summed E-state index contributed by atoms with van der Waals surface area (Å²) in [7, 11) is 4.68. The van der Waals surface area contributed by atoms with Gasteiger partial charge in [0.2, 0.25) is 0 Å². The fourth-order valence-electron chi connectivity index (χ4n) is 2.49. The SMILES string of the molecule is COCOc1cc2c(Oc3ccc(N)c(OC)c3)ccnc2cc1OC. The number of nitrogen functional groups attached to an aromatic ring is 1. The zero-order valence-corrected chi connectivity index (χ0v) is 14.8. The van der Waals surface area contributed by atoms with Crippen LogP contribution in [0.25, 0.3) is 10.9 Å². The lowest BCUT2D eigenvalue weighted by Crippen LogP contribution is -2.01. The Morgan fingerprint density at radius 1 is 0.885 bits per heavy atom. The first-order chi connectivity index (χ1) is 12.7. The molecule has 0 spiro atoms. The van der Waals surface area contributed by atoms with Crippen molar-refractivity contribution in [2.45, 2.75) is 0 Å². The Morgan fingerprint density at radius 3 is 2.42 bits per heavy atom. The van der Waals surface area contributed by atoms with E-state index in [4.69, 9.17) is 29.4 Å². The molecule has 7 nitrogen and oxygen atoms in total. The molecule has 2 aromatic carbocycles. The maximum atomic E-state index is 6.02. The molecular formula is C19H20N2O5. The van der Waals surface area contributed by atoms with Gasteiger partial charge < -0.3 is 29.4 Å². The van der Waals surface area contributed by atoms with Crippen molar-refractivity contribution in [3.8, 4) is 28.7 Å². The summed E-state index contributed by atoms with van der Waals surface area (Å²) >= 11 is 0. The first-order valence-corrected chi connectivity index (χ1v) is 7.86. The number of hydrogen-bond acceptors (Lipinski definition) is 7. The molecule has 0 fully saturated rings. The van der Waals surface area contributed by atoms with Gasteiger partial charge in [-0.15, -0.1) is 0 Å². The smallest absolute Gasteiger partial charge is 0.188 e. The zero-order valence-electron chi connectivity index (χ0n) is 14.8. The maximum Gasteiger partial charge on any atom is 0.188 e. The van der Waals surface area contributed by atoms with E-state index in [1.165, 1.54) is 0 Å². The first-order valence-electron chi connectivity index (χ1n) is 7.86. The molecule has 3 rings (SSSR count). The molecule has 0 aliphatic heterocycles. The van der Waals surface area contributed by atoms with Gasteiger partial charge in [0.25, 0.3) is 0 Å². The van der Waals surface area contributed by atoms with Crippen molar-refractivity contribution in [3.05, 3.63) is 42.6 Å². The molecule has 0 atom stereocenters. The summed E-state index contributed by atoms with van der Waals surface area (Å²) < 4.78 is 27.2. The monoisotopic (exact) mass is 356 g/mol. The number of aromatic nitrogens is 1. The van der Waals surface area contributed by atoms with Crippen molar-refractivity contribution in [2.75, 3.05) is 33.9 Å². The van der Waals surface area contributed by atoms with E-state index in [1.807, 2.05) is 6.07 Å². The van der Waals surface area contributed by atoms with E-state index >= 15 is 0 Å². The number of methoxy groups -OCH3 is 3. The topological polar surface area (TPSA) is 85.1 Å². The number of rotatable bonds is 7. The Labute approximate surface area is 151 Å². The van der Waals surface area contributed by atoms with Crippen LogP contribution in [0.1, 0.15) is 0 Å². The summed E-state index contributed by atoms with van der Waals surface area (Å²) in [6.07, 6.45) is 1.67. The molecule has 0 aliphatic rings. The fraction of sp³-hybridized carbons (Fsp3) is 0.211. The molecule has 1 aromatic heterocycles. The standard InChI is InChI=1S/C19H20N2O5/c1-22-11-25-19-9-13-15(10-18(19)24-3)21-7-6-16(13)26-12-4-5-14(20)17(8-12)23-2/h4-10H,11,20H2,1-3H3. The summed E-state index contributed by atoms with van der Waals surface area (Å²) in [5.41, 5.74) is 7.10. The van der Waals surface area contributed by atoms with Crippen LogP contribution in [0.5, 0.6) is 28.7 Å². The lowest BCUT2D eigenvalue weighted by Gasteiger charge is -2.14. The van der Waals surface area contributed by atoms with E-state index in [1.54, 1.807) is 57.9 Å². The van der Waals surface area contributed by atoms with Crippen molar-refractivity contribution < 1.29 is 23.7 Å². The van der Waals surface area contributed by atoms with E-state index < -0.39 is 0 Å². The van der Waals surface area contributed by atoms with Gasteiger partial charge in [-0.1, -0.05) is 0 Å². The molecule has 3 aromatic rings. The highest BCUT2D eigenvalue weighted by Crippen LogP contribution is 2.38. The van der Waals surface area contributed by atoms with Crippen LogP contribution in [-0.4, -0.2) is 33.1 Å². The minimum absolute atomic E-state index is 0.105. The number of benzene rings is 2. The molecule has 2 N–H and O–H groups in total. The summed E-state index contributed by atoms with van der Waals surface area (Å²) in [6.45, 7) is 0.105. The fourth-order valence-corrected chi connectivity index (χ4v) is 2.49. The maximum absolute atomic E-state index is 6.02. The average molecular weight is 356 g/mol. The second-order valence-corrected chi connectivity index (χ2v) is 5.39. The van der Waals surface area contributed by atoms with E-state index in [0.717, 1.165) is 5.39 Å². The molecular weight excluding hydrogens is 336 g/mol. The van der Waals surface area contributed by atoms with Crippen molar-refractivity contribution in [1.29, 1.82) is 0 Å². The molecule has 7 heteroatoms.